The number of likely N-dealkylation sites (tertiary alicyclic amines) is 2. The van der Waals surface area contributed by atoms with Gasteiger partial charge in [-0.1, -0.05) is 62.4 Å². The van der Waals surface area contributed by atoms with Gasteiger partial charge in [-0.05, 0) is 61.8 Å². The Bertz CT molecular complexity index is 1960. The van der Waals surface area contributed by atoms with E-state index in [1.54, 1.807) is 16.0 Å². The minimum atomic E-state index is -0.921. The quantitative estimate of drug-likeness (QED) is 0.181. The number of H-pyrrole nitrogens is 2. The van der Waals surface area contributed by atoms with Crippen LogP contribution in [0.25, 0.3) is 33.6 Å². The average molecular weight is 740 g/mol. The van der Waals surface area contributed by atoms with Gasteiger partial charge in [0.05, 0.1) is 62.7 Å². The molecule has 286 valence electrons. The molecule has 3 aliphatic heterocycles. The van der Waals surface area contributed by atoms with Crippen LogP contribution in [0.2, 0.25) is 0 Å². The van der Waals surface area contributed by atoms with Crippen molar-refractivity contribution in [3.05, 3.63) is 72.6 Å². The minimum Gasteiger partial charge on any atom is -0.453 e. The molecule has 0 bridgehead atoms. The average Bonchev–Trinajstić information content (AvgIpc) is 4.00. The number of aromatic amines is 2. The highest BCUT2D eigenvalue weighted by molar-refractivity contribution is 5.86. The molecule has 3 fully saturated rings. The first-order valence-corrected chi connectivity index (χ1v) is 18.6. The van der Waals surface area contributed by atoms with Crippen LogP contribution in [0.5, 0.6) is 0 Å². The van der Waals surface area contributed by atoms with Gasteiger partial charge < -0.3 is 39.1 Å². The van der Waals surface area contributed by atoms with Crippen LogP contribution in [-0.2, 0) is 23.7 Å². The number of imidazole rings is 2. The normalized spacial score (nSPS) is 20.1. The second kappa shape index (κ2) is 14.9. The summed E-state index contributed by atoms with van der Waals surface area (Å²) < 4.78 is 22.4. The van der Waals surface area contributed by atoms with Crippen molar-refractivity contribution in [2.75, 3.05) is 33.4 Å². The van der Waals surface area contributed by atoms with Gasteiger partial charge in [0.2, 0.25) is 5.91 Å². The maximum Gasteiger partial charge on any atom is 0.410 e. The molecular weight excluding hydrogens is 690 g/mol. The summed E-state index contributed by atoms with van der Waals surface area (Å²) in [6.07, 6.45) is 4.76. The summed E-state index contributed by atoms with van der Waals surface area (Å²) >= 11 is 0. The molecule has 7 rings (SSSR count). The number of aromatic nitrogens is 4. The van der Waals surface area contributed by atoms with Gasteiger partial charge in [0.25, 0.3) is 0 Å². The fourth-order valence-electron chi connectivity index (χ4n) is 7.48. The summed E-state index contributed by atoms with van der Waals surface area (Å²) in [5.74, 6) is 0.0194. The van der Waals surface area contributed by atoms with Crippen molar-refractivity contribution < 1.29 is 33.3 Å². The van der Waals surface area contributed by atoms with Gasteiger partial charge in [-0.15, -0.1) is 0 Å². The topological polar surface area (TPSA) is 164 Å². The van der Waals surface area contributed by atoms with Crippen molar-refractivity contribution in [2.24, 2.45) is 5.92 Å². The fourth-order valence-corrected chi connectivity index (χ4v) is 7.48. The summed E-state index contributed by atoms with van der Waals surface area (Å²) in [6, 6.07) is 15.1. The van der Waals surface area contributed by atoms with Crippen molar-refractivity contribution in [1.82, 2.24) is 35.1 Å². The van der Waals surface area contributed by atoms with Gasteiger partial charge in [0, 0.05) is 13.0 Å². The van der Waals surface area contributed by atoms with Crippen molar-refractivity contribution in [3.63, 3.8) is 0 Å². The molecule has 2 aromatic carbocycles. The first-order chi connectivity index (χ1) is 25.8. The standard InChI is InChI=1S/C40H49N7O7/c1-24(2)33(45-37(49)51-6)36(48)47-23-40(52-18-19-53-40)20-32(47)35-42-22-30(44-35)28-15-11-26(12-16-28)25-9-13-27(14-10-25)29-21-41-34(43-29)31-8-7-17-46(31)38(50)54-39(3,4)5/h9-16,21-22,24,31-33H,7-8,17-20,23H2,1-6H3,(H,41,43)(H,42,44)(H,45,49). The van der Waals surface area contributed by atoms with Crippen molar-refractivity contribution in [1.29, 1.82) is 0 Å². The molecule has 4 aromatic rings. The van der Waals surface area contributed by atoms with E-state index in [2.05, 4.69) is 56.7 Å². The molecule has 0 aliphatic carbocycles. The molecule has 54 heavy (non-hydrogen) atoms. The molecule has 0 saturated carbocycles. The number of rotatable bonds is 8. The Labute approximate surface area is 314 Å². The summed E-state index contributed by atoms with van der Waals surface area (Å²) in [5.41, 5.74) is 5.19. The number of hydrogen-bond acceptors (Lipinski definition) is 9. The lowest BCUT2D eigenvalue weighted by Crippen LogP contribution is -2.52. The van der Waals surface area contributed by atoms with E-state index in [-0.39, 0.29) is 30.5 Å². The number of amides is 3. The zero-order chi connectivity index (χ0) is 38.2. The SMILES string of the molecule is COC(=O)NC(C(=O)N1CC2(CC1c1ncc(-c3ccc(-c4ccc(-c5cnc(C6CCCN6C(=O)OC(C)(C)C)[nH]5)cc4)cc3)[nH]1)OCCO2)C(C)C. The van der Waals surface area contributed by atoms with Gasteiger partial charge in [0.1, 0.15) is 23.3 Å². The Hall–Kier alpha value is -5.21. The van der Waals surface area contributed by atoms with Crippen molar-refractivity contribution in [3.8, 4) is 33.6 Å². The molecule has 5 heterocycles. The van der Waals surface area contributed by atoms with Crippen LogP contribution in [0.15, 0.2) is 60.9 Å². The highest BCUT2D eigenvalue weighted by Crippen LogP contribution is 2.43. The molecule has 0 radical (unpaired) electrons. The highest BCUT2D eigenvalue weighted by Gasteiger charge is 2.52. The number of methoxy groups -OCH3 is 1. The van der Waals surface area contributed by atoms with E-state index in [0.717, 1.165) is 52.3 Å². The van der Waals surface area contributed by atoms with Gasteiger partial charge in [-0.25, -0.2) is 19.6 Å². The Balaban J connectivity index is 1.04. The van der Waals surface area contributed by atoms with Gasteiger partial charge in [-0.3, -0.25) is 9.69 Å². The number of ether oxygens (including phenoxy) is 4. The lowest BCUT2D eigenvalue weighted by atomic mass is 10.0. The number of carbonyl (C=O) groups excluding carboxylic acids is 3. The van der Waals surface area contributed by atoms with Crippen molar-refractivity contribution in [2.45, 2.75) is 83.4 Å². The summed E-state index contributed by atoms with van der Waals surface area (Å²) in [4.78, 5) is 58.5. The molecule has 14 nitrogen and oxygen atoms in total. The molecule has 2 aromatic heterocycles. The van der Waals surface area contributed by atoms with E-state index >= 15 is 0 Å². The van der Waals surface area contributed by atoms with Crippen molar-refractivity contribution >= 4 is 18.1 Å². The van der Waals surface area contributed by atoms with E-state index in [4.69, 9.17) is 23.9 Å². The molecule has 14 heteroatoms. The Morgan fingerprint density at radius 3 is 1.91 bits per heavy atom. The Morgan fingerprint density at radius 1 is 0.852 bits per heavy atom. The summed E-state index contributed by atoms with van der Waals surface area (Å²) in [5, 5.41) is 2.69. The third kappa shape index (κ3) is 7.71. The van der Waals surface area contributed by atoms with Gasteiger partial charge in [-0.2, -0.15) is 0 Å². The van der Waals surface area contributed by atoms with Crippen LogP contribution in [0.4, 0.5) is 9.59 Å². The minimum absolute atomic E-state index is 0.142. The highest BCUT2D eigenvalue weighted by atomic mass is 16.7. The summed E-state index contributed by atoms with van der Waals surface area (Å²) in [7, 11) is 1.27. The van der Waals surface area contributed by atoms with E-state index in [0.29, 0.717) is 32.0 Å². The van der Waals surface area contributed by atoms with Crippen LogP contribution in [-0.4, -0.2) is 98.7 Å². The molecule has 3 atom stereocenters. The van der Waals surface area contributed by atoms with Crippen LogP contribution in [0.1, 0.15) is 77.6 Å². The van der Waals surface area contributed by atoms with Crippen LogP contribution in [0.3, 0.4) is 0 Å². The third-order valence-electron chi connectivity index (χ3n) is 10.2. The fraction of sp³-hybridized carbons (Fsp3) is 0.475. The molecule has 3 amide bonds. The number of alkyl carbamates (subject to hydrolysis) is 1. The van der Waals surface area contributed by atoms with E-state index in [1.165, 1.54) is 7.11 Å². The van der Waals surface area contributed by atoms with Gasteiger partial charge in [0.15, 0.2) is 5.79 Å². The molecule has 3 unspecified atom stereocenters. The number of nitrogens with zero attached hydrogens (tertiary/aromatic N) is 4. The number of benzene rings is 2. The van der Waals surface area contributed by atoms with Crippen LogP contribution < -0.4 is 5.32 Å². The van der Waals surface area contributed by atoms with Crippen LogP contribution >= 0.6 is 0 Å². The number of carbonyl (C=O) groups is 3. The third-order valence-corrected chi connectivity index (χ3v) is 10.2. The second-order valence-corrected chi connectivity index (χ2v) is 15.5. The molecule has 3 N–H and O–H groups in total. The molecule has 3 saturated heterocycles. The first kappa shape index (κ1) is 37.1. The van der Waals surface area contributed by atoms with E-state index in [9.17, 15) is 14.4 Å². The smallest absolute Gasteiger partial charge is 0.410 e. The van der Waals surface area contributed by atoms with E-state index < -0.39 is 29.6 Å². The maximum absolute atomic E-state index is 13.9. The Kier molecular flexibility index (Phi) is 10.2. The molecule has 1 spiro atoms. The predicted octanol–water partition coefficient (Wildman–Crippen LogP) is 6.60. The zero-order valence-corrected chi connectivity index (χ0v) is 31.7. The monoisotopic (exact) mass is 739 g/mol. The maximum atomic E-state index is 13.9. The number of hydrogen-bond donors (Lipinski definition) is 3. The van der Waals surface area contributed by atoms with E-state index in [1.807, 2.05) is 52.9 Å². The number of nitrogens with one attached hydrogen (secondary N) is 3. The lowest BCUT2D eigenvalue weighted by molar-refractivity contribution is -0.153. The Morgan fingerprint density at radius 2 is 1.39 bits per heavy atom. The largest absolute Gasteiger partial charge is 0.453 e. The predicted molar refractivity (Wildman–Crippen MR) is 200 cm³/mol. The second-order valence-electron chi connectivity index (χ2n) is 15.5. The van der Waals surface area contributed by atoms with Gasteiger partial charge >= 0.3 is 12.2 Å². The molecular formula is C40H49N7O7. The summed E-state index contributed by atoms with van der Waals surface area (Å²) in [6.45, 7) is 11.1. The lowest BCUT2D eigenvalue weighted by Gasteiger charge is -2.30. The zero-order valence-electron chi connectivity index (χ0n) is 31.7. The first-order valence-electron chi connectivity index (χ1n) is 18.6. The molecule has 3 aliphatic rings. The van der Waals surface area contributed by atoms with Crippen LogP contribution in [0, 0.1) is 5.92 Å².